The van der Waals surface area contributed by atoms with Gasteiger partial charge < -0.3 is 4.90 Å². The average molecular weight is 224 g/mol. The molecule has 0 aliphatic carbocycles. The second-order valence-corrected chi connectivity index (χ2v) is 4.60. The highest BCUT2D eigenvalue weighted by Crippen LogP contribution is 2.23. The summed E-state index contributed by atoms with van der Waals surface area (Å²) in [6.07, 6.45) is 0. The summed E-state index contributed by atoms with van der Waals surface area (Å²) < 4.78 is 0. The standard InChI is InChI=1S/C10H12N2O2S/c13-12(14)10-3-1-2-9(8-10)11-4-6-15-7-5-11/h1-3,8H,4-7H2. The number of hydrogen-bond acceptors (Lipinski definition) is 4. The van der Waals surface area contributed by atoms with Gasteiger partial charge in [0.15, 0.2) is 0 Å². The Morgan fingerprint density at radius 1 is 1.33 bits per heavy atom. The zero-order chi connectivity index (χ0) is 10.7. The molecule has 1 aromatic carbocycles. The number of thioether (sulfide) groups is 1. The second-order valence-electron chi connectivity index (χ2n) is 3.38. The fraction of sp³-hybridized carbons (Fsp3) is 0.400. The van der Waals surface area contributed by atoms with Crippen molar-refractivity contribution in [3.05, 3.63) is 34.4 Å². The number of rotatable bonds is 2. The molecule has 5 heteroatoms. The van der Waals surface area contributed by atoms with Crippen LogP contribution < -0.4 is 4.90 Å². The minimum atomic E-state index is -0.345. The molecule has 0 spiro atoms. The van der Waals surface area contributed by atoms with Crippen LogP contribution in [-0.2, 0) is 0 Å². The zero-order valence-corrected chi connectivity index (χ0v) is 9.07. The molecule has 4 nitrogen and oxygen atoms in total. The molecule has 0 unspecified atom stereocenters. The normalized spacial score (nSPS) is 16.4. The second kappa shape index (κ2) is 4.53. The largest absolute Gasteiger partial charge is 0.370 e. The van der Waals surface area contributed by atoms with Gasteiger partial charge in [0.25, 0.3) is 5.69 Å². The third kappa shape index (κ3) is 2.41. The molecule has 1 aliphatic heterocycles. The molecule has 1 fully saturated rings. The highest BCUT2D eigenvalue weighted by atomic mass is 32.2. The maximum atomic E-state index is 10.6. The number of nitro groups is 1. The minimum absolute atomic E-state index is 0.172. The first-order valence-corrected chi connectivity index (χ1v) is 6.00. The predicted octanol–water partition coefficient (Wildman–Crippen LogP) is 2.15. The molecule has 0 atom stereocenters. The predicted molar refractivity (Wildman–Crippen MR) is 62.6 cm³/mol. The molecule has 1 saturated heterocycles. The fourth-order valence-electron chi connectivity index (χ4n) is 1.62. The lowest BCUT2D eigenvalue weighted by Crippen LogP contribution is -2.32. The first kappa shape index (κ1) is 10.3. The lowest BCUT2D eigenvalue weighted by atomic mass is 10.2. The van der Waals surface area contributed by atoms with Gasteiger partial charge in [-0.3, -0.25) is 10.1 Å². The van der Waals surface area contributed by atoms with Crippen molar-refractivity contribution in [1.82, 2.24) is 0 Å². The van der Waals surface area contributed by atoms with Gasteiger partial charge in [-0.2, -0.15) is 11.8 Å². The molecule has 0 radical (unpaired) electrons. The van der Waals surface area contributed by atoms with Crippen LogP contribution in [0.5, 0.6) is 0 Å². The van der Waals surface area contributed by atoms with Crippen molar-refractivity contribution in [3.8, 4) is 0 Å². The van der Waals surface area contributed by atoms with E-state index in [1.165, 1.54) is 6.07 Å². The van der Waals surface area contributed by atoms with Gasteiger partial charge in [-0.25, -0.2) is 0 Å². The van der Waals surface area contributed by atoms with Crippen molar-refractivity contribution in [2.45, 2.75) is 0 Å². The van der Waals surface area contributed by atoms with Crippen molar-refractivity contribution in [1.29, 1.82) is 0 Å². The number of non-ortho nitro benzene ring substituents is 1. The van der Waals surface area contributed by atoms with E-state index >= 15 is 0 Å². The quantitative estimate of drug-likeness (QED) is 0.570. The molecule has 1 aromatic rings. The van der Waals surface area contributed by atoms with E-state index in [0.29, 0.717) is 0 Å². The van der Waals surface area contributed by atoms with E-state index in [9.17, 15) is 10.1 Å². The average Bonchev–Trinajstić information content (AvgIpc) is 2.30. The highest BCUT2D eigenvalue weighted by Gasteiger charge is 2.13. The maximum Gasteiger partial charge on any atom is 0.271 e. The first-order valence-electron chi connectivity index (χ1n) is 4.84. The molecular formula is C10H12N2O2S. The third-order valence-electron chi connectivity index (χ3n) is 2.42. The Morgan fingerprint density at radius 2 is 2.07 bits per heavy atom. The number of hydrogen-bond donors (Lipinski definition) is 0. The monoisotopic (exact) mass is 224 g/mol. The van der Waals surface area contributed by atoms with Crippen LogP contribution in [0, 0.1) is 10.1 Å². The highest BCUT2D eigenvalue weighted by molar-refractivity contribution is 7.99. The summed E-state index contributed by atoms with van der Waals surface area (Å²) in [4.78, 5) is 12.5. The van der Waals surface area contributed by atoms with E-state index < -0.39 is 0 Å². The molecule has 0 bridgehead atoms. The van der Waals surface area contributed by atoms with E-state index in [0.717, 1.165) is 30.3 Å². The molecule has 1 heterocycles. The fourth-order valence-corrected chi connectivity index (χ4v) is 2.53. The Morgan fingerprint density at radius 3 is 2.73 bits per heavy atom. The van der Waals surface area contributed by atoms with Crippen LogP contribution in [0.25, 0.3) is 0 Å². The van der Waals surface area contributed by atoms with E-state index in [2.05, 4.69) is 4.90 Å². The molecule has 0 saturated carbocycles. The summed E-state index contributed by atoms with van der Waals surface area (Å²) in [5, 5.41) is 10.6. The van der Waals surface area contributed by atoms with Crippen LogP contribution in [0.15, 0.2) is 24.3 Å². The Balaban J connectivity index is 2.19. The van der Waals surface area contributed by atoms with Gasteiger partial charge in [0.1, 0.15) is 0 Å². The lowest BCUT2D eigenvalue weighted by molar-refractivity contribution is -0.384. The van der Waals surface area contributed by atoms with Gasteiger partial charge in [0, 0.05) is 42.4 Å². The molecule has 0 aromatic heterocycles. The summed E-state index contributed by atoms with van der Waals surface area (Å²) in [5.41, 5.74) is 1.13. The molecule has 0 N–H and O–H groups in total. The van der Waals surface area contributed by atoms with Crippen molar-refractivity contribution >= 4 is 23.1 Å². The van der Waals surface area contributed by atoms with Crippen molar-refractivity contribution in [3.63, 3.8) is 0 Å². The van der Waals surface area contributed by atoms with Crippen LogP contribution in [0.1, 0.15) is 0 Å². The van der Waals surface area contributed by atoms with E-state index in [4.69, 9.17) is 0 Å². The summed E-state index contributed by atoms with van der Waals surface area (Å²) in [6, 6.07) is 6.86. The molecule has 2 rings (SSSR count). The topological polar surface area (TPSA) is 46.4 Å². The van der Waals surface area contributed by atoms with Crippen LogP contribution in [0.4, 0.5) is 11.4 Å². The van der Waals surface area contributed by atoms with Gasteiger partial charge in [0.05, 0.1) is 4.92 Å². The number of benzene rings is 1. The molecule has 1 aliphatic rings. The van der Waals surface area contributed by atoms with Gasteiger partial charge in [-0.1, -0.05) is 6.07 Å². The summed E-state index contributed by atoms with van der Waals surface area (Å²) in [6.45, 7) is 1.96. The Bertz CT molecular complexity index is 364. The number of anilines is 1. The van der Waals surface area contributed by atoms with Crippen molar-refractivity contribution in [2.24, 2.45) is 0 Å². The van der Waals surface area contributed by atoms with Crippen LogP contribution in [-0.4, -0.2) is 29.5 Å². The van der Waals surface area contributed by atoms with Gasteiger partial charge in [-0.05, 0) is 6.07 Å². The third-order valence-corrected chi connectivity index (χ3v) is 3.36. The SMILES string of the molecule is O=[N+]([O-])c1cccc(N2CCSCC2)c1. The minimum Gasteiger partial charge on any atom is -0.370 e. The Hall–Kier alpha value is -1.23. The summed E-state index contributed by atoms with van der Waals surface area (Å²) in [7, 11) is 0. The zero-order valence-electron chi connectivity index (χ0n) is 8.26. The number of nitro benzene ring substituents is 1. The molecule has 0 amide bonds. The first-order chi connectivity index (χ1) is 7.27. The Labute approximate surface area is 92.4 Å². The number of nitrogens with zero attached hydrogens (tertiary/aromatic N) is 2. The van der Waals surface area contributed by atoms with Gasteiger partial charge in [-0.15, -0.1) is 0 Å². The maximum absolute atomic E-state index is 10.6. The molecule has 80 valence electrons. The van der Waals surface area contributed by atoms with Gasteiger partial charge in [0.2, 0.25) is 0 Å². The smallest absolute Gasteiger partial charge is 0.271 e. The summed E-state index contributed by atoms with van der Waals surface area (Å²) in [5.74, 6) is 2.20. The van der Waals surface area contributed by atoms with Crippen molar-refractivity contribution < 1.29 is 4.92 Å². The van der Waals surface area contributed by atoms with E-state index in [1.807, 2.05) is 17.8 Å². The lowest BCUT2D eigenvalue weighted by Gasteiger charge is -2.28. The van der Waals surface area contributed by atoms with Gasteiger partial charge >= 0.3 is 0 Å². The molecule has 15 heavy (non-hydrogen) atoms. The Kier molecular flexibility index (Phi) is 3.11. The van der Waals surface area contributed by atoms with Crippen LogP contribution >= 0.6 is 11.8 Å². The summed E-state index contributed by atoms with van der Waals surface area (Å²) >= 11 is 1.93. The van der Waals surface area contributed by atoms with E-state index in [-0.39, 0.29) is 10.6 Å². The van der Waals surface area contributed by atoms with Crippen LogP contribution in [0.2, 0.25) is 0 Å². The van der Waals surface area contributed by atoms with Crippen molar-refractivity contribution in [2.75, 3.05) is 29.5 Å². The van der Waals surface area contributed by atoms with E-state index in [1.54, 1.807) is 12.1 Å². The van der Waals surface area contributed by atoms with Crippen LogP contribution in [0.3, 0.4) is 0 Å². The molecular weight excluding hydrogens is 212 g/mol.